The Morgan fingerprint density at radius 1 is 0.646 bits per heavy atom. The number of H-pyrrole nitrogens is 1. The summed E-state index contributed by atoms with van der Waals surface area (Å²) in [6.07, 6.45) is -3.12. The molecular weight excluding hydrogens is 1040 g/mol. The number of nitrogens with one attached hydrogen (secondary N) is 8. The fraction of sp³-hybridized carbons (Fsp3) is 0.542. The number of likely N-dealkylation sites (tertiary alicyclic amines) is 1. The first-order chi connectivity index (χ1) is 37.1. The average Bonchev–Trinajstić information content (AvgIpc) is 4.13. The molecule has 0 radical (unpaired) electrons. The molecule has 1 aromatic heterocycles. The van der Waals surface area contributed by atoms with E-state index in [2.05, 4.69) is 47.2 Å². The first kappa shape index (κ1) is 64.5. The second kappa shape index (κ2) is 30.9. The van der Waals surface area contributed by atoms with Crippen LogP contribution in [0.25, 0.3) is 0 Å². The lowest BCUT2D eigenvalue weighted by Gasteiger charge is -2.32. The lowest BCUT2D eigenvalue weighted by atomic mass is 10.0. The normalized spacial score (nSPS) is 16.4. The van der Waals surface area contributed by atoms with Crippen molar-refractivity contribution in [1.82, 2.24) is 52.1 Å². The molecule has 31 nitrogen and oxygen atoms in total. The van der Waals surface area contributed by atoms with Gasteiger partial charge in [0, 0.05) is 50.5 Å². The molecule has 1 aliphatic rings. The minimum absolute atomic E-state index is 0.0503. The molecule has 1 fully saturated rings. The number of carboxylic acids is 2. The van der Waals surface area contributed by atoms with Crippen LogP contribution in [-0.4, -0.2) is 179 Å². The van der Waals surface area contributed by atoms with Gasteiger partial charge < -0.3 is 90.5 Å². The van der Waals surface area contributed by atoms with Gasteiger partial charge in [0.1, 0.15) is 48.0 Å². The number of aliphatic carboxylic acids is 2. The Bertz CT molecular complexity index is 2530. The molecular formula is C48H70N14O17. The number of primary amides is 3. The summed E-state index contributed by atoms with van der Waals surface area (Å²) in [6.45, 7) is 4.21. The van der Waals surface area contributed by atoms with Gasteiger partial charge in [0.25, 0.3) is 0 Å². The number of aliphatic hydroxyl groups excluding tert-OH is 1. The summed E-state index contributed by atoms with van der Waals surface area (Å²) in [7, 11) is 0. The van der Waals surface area contributed by atoms with Crippen molar-refractivity contribution < 1.29 is 82.8 Å². The number of aromatic hydroxyl groups is 1. The third kappa shape index (κ3) is 21.3. The monoisotopic (exact) mass is 1110 g/mol. The third-order valence-electron chi connectivity index (χ3n) is 12.4. The number of hydrogen-bond donors (Lipinski definition) is 16. The molecule has 3 rings (SSSR count). The molecule has 1 aliphatic heterocycles. The van der Waals surface area contributed by atoms with E-state index < -0.39 is 175 Å². The second-order valence-electron chi connectivity index (χ2n) is 19.2. The number of phenols is 1. The largest absolute Gasteiger partial charge is 0.508 e. The molecule has 1 saturated heterocycles. The molecule has 2 aromatic rings. The van der Waals surface area contributed by atoms with Crippen LogP contribution < -0.4 is 60.2 Å². The van der Waals surface area contributed by atoms with E-state index in [0.717, 1.165) is 11.8 Å². The van der Waals surface area contributed by atoms with Gasteiger partial charge >= 0.3 is 11.9 Å². The van der Waals surface area contributed by atoms with Crippen molar-refractivity contribution in [2.75, 3.05) is 6.54 Å². The van der Waals surface area contributed by atoms with Gasteiger partial charge in [0.05, 0.1) is 24.9 Å². The van der Waals surface area contributed by atoms with Gasteiger partial charge in [0.2, 0.25) is 65.0 Å². The van der Waals surface area contributed by atoms with Gasteiger partial charge in [-0.3, -0.25) is 57.5 Å². The summed E-state index contributed by atoms with van der Waals surface area (Å²) in [4.78, 5) is 178. The van der Waals surface area contributed by atoms with Crippen LogP contribution in [0, 0.1) is 5.92 Å². The van der Waals surface area contributed by atoms with Crippen LogP contribution in [0.15, 0.2) is 36.8 Å². The maximum absolute atomic E-state index is 14.6. The zero-order chi connectivity index (χ0) is 59.3. The summed E-state index contributed by atoms with van der Waals surface area (Å²) in [6, 6.07) is -8.87. The minimum Gasteiger partial charge on any atom is -0.508 e. The molecule has 2 heterocycles. The smallest absolute Gasteiger partial charge is 0.328 e. The van der Waals surface area contributed by atoms with Gasteiger partial charge in [-0.15, -0.1) is 0 Å². The first-order valence-corrected chi connectivity index (χ1v) is 25.0. The number of aliphatic hydroxyl groups is 1. The summed E-state index contributed by atoms with van der Waals surface area (Å²) in [5, 5.41) is 55.7. The van der Waals surface area contributed by atoms with Crippen LogP contribution in [0.3, 0.4) is 0 Å². The number of benzene rings is 1. The number of aromatic amines is 1. The van der Waals surface area contributed by atoms with Gasteiger partial charge in [-0.05, 0) is 62.6 Å². The molecule has 11 amide bonds. The Labute approximate surface area is 451 Å². The topological polar surface area (TPSA) is 523 Å². The fourth-order valence-corrected chi connectivity index (χ4v) is 8.11. The number of phenolic OH excluding ortho intramolecular Hbond substituents is 1. The highest BCUT2D eigenvalue weighted by Gasteiger charge is 2.41. The first-order valence-electron chi connectivity index (χ1n) is 25.0. The number of nitrogens with two attached hydrogens (primary N) is 4. The van der Waals surface area contributed by atoms with E-state index >= 15 is 0 Å². The SMILES string of the molecule is CC(C)[C@H](NC(=O)[C@@H]1CCCN1C(=O)[C@H](Cc1ccc(O)cc1)NC(=O)[C@H](CCC(=O)O)NC(=O)[C@H](CC(N)=O)NC(=O)[C@H](Cc1cnc[nH]1)NC(=O)[C@H](CCC(N)=O)NC(=O)[C@@H](N)CCC(N)=O)C(=O)N[C@H](C(=O)O)[C@@H](C)O. The van der Waals surface area contributed by atoms with Gasteiger partial charge in [-0.25, -0.2) is 9.78 Å². The Morgan fingerprint density at radius 3 is 1.71 bits per heavy atom. The van der Waals surface area contributed by atoms with E-state index in [1.165, 1.54) is 36.8 Å². The van der Waals surface area contributed by atoms with Crippen molar-refractivity contribution >= 4 is 76.9 Å². The lowest BCUT2D eigenvalue weighted by molar-refractivity contribution is -0.146. The number of rotatable bonds is 33. The predicted molar refractivity (Wildman–Crippen MR) is 272 cm³/mol. The Morgan fingerprint density at radius 2 is 1.18 bits per heavy atom. The third-order valence-corrected chi connectivity index (χ3v) is 12.4. The van der Waals surface area contributed by atoms with Crippen molar-refractivity contribution in [3.63, 3.8) is 0 Å². The van der Waals surface area contributed by atoms with E-state index in [1.807, 2.05) is 0 Å². The van der Waals surface area contributed by atoms with Crippen LogP contribution in [-0.2, 0) is 75.2 Å². The standard InChI is InChI=1S/C48H70N14O17/c1-22(2)38(46(76)61-39(23(3)63)48(78)79)60-45(75)33-5-4-16-62(33)47(77)32(17-24-6-8-26(64)9-7-24)59-42(72)29(12-15-37(68)69)56-44(74)31(19-36(52)67)58-43(73)30(18-25-20-53-21-54-25)57-41(71)28(11-14-35(51)66)55-40(70)27(49)10-13-34(50)65/h6-9,20-23,27-33,38-39,63-64H,4-5,10-19,49H2,1-3H3,(H2,50,65)(H2,51,66)(H2,52,67)(H,53,54)(H,55,70)(H,56,74)(H,57,71)(H,58,73)(H,59,72)(H,60,75)(H,61,76)(H,68,69)(H,78,79)/t23-,27+,28+,29+,30+,31+,32+,33+,38+,39+/m1/s1. The number of carboxylic acid groups (broad SMARTS) is 2. The molecule has 0 unspecified atom stereocenters. The Hall–Kier alpha value is -8.74. The Kier molecular flexibility index (Phi) is 25.2. The number of imidazole rings is 1. The summed E-state index contributed by atoms with van der Waals surface area (Å²) in [5.41, 5.74) is 22.4. The zero-order valence-corrected chi connectivity index (χ0v) is 43.6. The van der Waals surface area contributed by atoms with Crippen molar-refractivity contribution in [3.8, 4) is 5.75 Å². The highest BCUT2D eigenvalue weighted by molar-refractivity contribution is 5.99. The highest BCUT2D eigenvalue weighted by atomic mass is 16.4. The van der Waals surface area contributed by atoms with E-state index in [4.69, 9.17) is 22.9 Å². The molecule has 0 aliphatic carbocycles. The van der Waals surface area contributed by atoms with E-state index in [1.54, 1.807) is 13.8 Å². The second-order valence-corrected chi connectivity index (χ2v) is 19.2. The van der Waals surface area contributed by atoms with Gasteiger partial charge in [0.15, 0.2) is 6.04 Å². The molecule has 10 atom stereocenters. The quantitative estimate of drug-likeness (QED) is 0.0316. The van der Waals surface area contributed by atoms with E-state index in [9.17, 15) is 82.8 Å². The van der Waals surface area contributed by atoms with Crippen molar-refractivity contribution in [3.05, 3.63) is 48.0 Å². The van der Waals surface area contributed by atoms with Gasteiger partial charge in [-0.1, -0.05) is 26.0 Å². The molecule has 79 heavy (non-hydrogen) atoms. The molecule has 434 valence electrons. The van der Waals surface area contributed by atoms with Crippen LogP contribution >= 0.6 is 0 Å². The summed E-state index contributed by atoms with van der Waals surface area (Å²) >= 11 is 0. The molecule has 0 bridgehead atoms. The predicted octanol–water partition coefficient (Wildman–Crippen LogP) is -6.00. The van der Waals surface area contributed by atoms with E-state index in [0.29, 0.717) is 5.56 Å². The molecule has 0 spiro atoms. The molecule has 0 saturated carbocycles. The fourth-order valence-electron chi connectivity index (χ4n) is 8.11. The van der Waals surface area contributed by atoms with Crippen molar-refractivity contribution in [2.24, 2.45) is 28.9 Å². The number of nitrogens with zero attached hydrogens (tertiary/aromatic N) is 2. The van der Waals surface area contributed by atoms with E-state index in [-0.39, 0.29) is 56.5 Å². The van der Waals surface area contributed by atoms with Gasteiger partial charge in [-0.2, -0.15) is 0 Å². The van der Waals surface area contributed by atoms with Crippen molar-refractivity contribution in [1.29, 1.82) is 0 Å². The molecule has 1 aromatic carbocycles. The summed E-state index contributed by atoms with van der Waals surface area (Å²) < 4.78 is 0. The van der Waals surface area contributed by atoms with Crippen LogP contribution in [0.5, 0.6) is 5.75 Å². The molecule has 20 N–H and O–H groups in total. The number of hydrogen-bond acceptors (Lipinski definition) is 17. The lowest BCUT2D eigenvalue weighted by Crippen LogP contribution is -2.61. The number of carbonyl (C=O) groups excluding carboxylic acids is 11. The number of aromatic nitrogens is 2. The zero-order valence-electron chi connectivity index (χ0n) is 43.6. The minimum atomic E-state index is -1.95. The average molecular weight is 1120 g/mol. The maximum Gasteiger partial charge on any atom is 0.328 e. The number of amides is 11. The van der Waals surface area contributed by atoms with Crippen LogP contribution in [0.2, 0.25) is 0 Å². The molecule has 31 heteroatoms. The summed E-state index contributed by atoms with van der Waals surface area (Å²) in [5.74, 6) is -14.8. The number of carbonyl (C=O) groups is 13. The van der Waals surface area contributed by atoms with Crippen LogP contribution in [0.4, 0.5) is 0 Å². The van der Waals surface area contributed by atoms with Crippen LogP contribution in [0.1, 0.15) is 89.8 Å². The van der Waals surface area contributed by atoms with Crippen molar-refractivity contribution in [2.45, 2.75) is 152 Å². The Balaban J connectivity index is 1.95. The maximum atomic E-state index is 14.6. The highest BCUT2D eigenvalue weighted by Crippen LogP contribution is 2.22.